The Balaban J connectivity index is 2.12. The Morgan fingerprint density at radius 2 is 2.13 bits per heavy atom. The number of Topliss-reactive ketones (excluding diaryl/α,β-unsaturated/α-hetero) is 1. The Hall–Kier alpha value is -0.900. The molecule has 15 heavy (non-hydrogen) atoms. The van der Waals surface area contributed by atoms with Crippen molar-refractivity contribution >= 4 is 11.7 Å². The number of amides is 1. The standard InChI is InChI=1S/C11H18N2O2/c1-9(14)8-13-7-5-11(10(13)15)4-3-6-12(11)2/h3-8H2,1-2H3/t11-/m0/s1. The van der Waals surface area contributed by atoms with Crippen LogP contribution in [0.1, 0.15) is 26.2 Å². The third-order valence-electron chi connectivity index (χ3n) is 3.71. The monoisotopic (exact) mass is 210 g/mol. The van der Waals surface area contributed by atoms with Crippen LogP contribution in [0.5, 0.6) is 0 Å². The van der Waals surface area contributed by atoms with Gasteiger partial charge in [-0.15, -0.1) is 0 Å². The smallest absolute Gasteiger partial charge is 0.243 e. The van der Waals surface area contributed by atoms with E-state index in [4.69, 9.17) is 0 Å². The van der Waals surface area contributed by atoms with E-state index in [1.54, 1.807) is 4.90 Å². The molecule has 1 amide bonds. The highest BCUT2D eigenvalue weighted by Crippen LogP contribution is 2.37. The summed E-state index contributed by atoms with van der Waals surface area (Å²) in [4.78, 5) is 27.1. The molecular formula is C11H18N2O2. The maximum atomic E-state index is 12.2. The molecule has 1 spiro atoms. The number of rotatable bonds is 2. The van der Waals surface area contributed by atoms with Gasteiger partial charge in [-0.05, 0) is 39.8 Å². The number of hydrogen-bond donors (Lipinski definition) is 0. The normalized spacial score (nSPS) is 31.9. The Kier molecular flexibility index (Phi) is 2.54. The molecule has 0 aromatic carbocycles. The lowest BCUT2D eigenvalue weighted by atomic mass is 9.95. The quantitative estimate of drug-likeness (QED) is 0.657. The first-order valence-corrected chi connectivity index (χ1v) is 5.56. The third kappa shape index (κ3) is 1.57. The van der Waals surface area contributed by atoms with Crippen molar-refractivity contribution in [2.45, 2.75) is 31.7 Å². The Morgan fingerprint density at radius 3 is 2.67 bits per heavy atom. The molecular weight excluding hydrogens is 192 g/mol. The van der Waals surface area contributed by atoms with Crippen LogP contribution >= 0.6 is 0 Å². The summed E-state index contributed by atoms with van der Waals surface area (Å²) in [5.41, 5.74) is -0.268. The molecule has 0 unspecified atom stereocenters. The zero-order valence-electron chi connectivity index (χ0n) is 9.45. The van der Waals surface area contributed by atoms with E-state index in [-0.39, 0.29) is 23.8 Å². The van der Waals surface area contributed by atoms with E-state index in [1.165, 1.54) is 6.92 Å². The molecule has 0 radical (unpaired) electrons. The number of hydrogen-bond acceptors (Lipinski definition) is 3. The third-order valence-corrected chi connectivity index (χ3v) is 3.71. The average Bonchev–Trinajstić information content (AvgIpc) is 2.66. The Bertz CT molecular complexity index is 303. The summed E-state index contributed by atoms with van der Waals surface area (Å²) in [6, 6.07) is 0. The SMILES string of the molecule is CC(=O)CN1CC[C@@]2(CCCN2C)C1=O. The first-order valence-electron chi connectivity index (χ1n) is 5.56. The lowest BCUT2D eigenvalue weighted by molar-refractivity contribution is -0.138. The molecule has 2 rings (SSSR count). The van der Waals surface area contributed by atoms with E-state index >= 15 is 0 Å². The van der Waals surface area contributed by atoms with Crippen molar-refractivity contribution < 1.29 is 9.59 Å². The molecule has 84 valence electrons. The van der Waals surface area contributed by atoms with Crippen LogP contribution in [-0.4, -0.2) is 53.7 Å². The molecule has 2 saturated heterocycles. The molecule has 2 heterocycles. The second-order valence-electron chi connectivity index (χ2n) is 4.74. The van der Waals surface area contributed by atoms with Crippen molar-refractivity contribution in [2.24, 2.45) is 0 Å². The van der Waals surface area contributed by atoms with E-state index in [2.05, 4.69) is 4.90 Å². The summed E-state index contributed by atoms with van der Waals surface area (Å²) >= 11 is 0. The van der Waals surface area contributed by atoms with E-state index in [9.17, 15) is 9.59 Å². The van der Waals surface area contributed by atoms with Crippen LogP contribution in [0.2, 0.25) is 0 Å². The number of carbonyl (C=O) groups excluding carboxylic acids is 2. The molecule has 2 aliphatic rings. The van der Waals surface area contributed by atoms with Crippen molar-refractivity contribution in [1.29, 1.82) is 0 Å². The van der Waals surface area contributed by atoms with Crippen LogP contribution in [0.4, 0.5) is 0 Å². The summed E-state index contributed by atoms with van der Waals surface area (Å²) in [6.45, 7) is 3.56. The second kappa shape index (κ2) is 3.59. The van der Waals surface area contributed by atoms with E-state index in [1.807, 2.05) is 7.05 Å². The van der Waals surface area contributed by atoms with Crippen LogP contribution in [-0.2, 0) is 9.59 Å². The highest BCUT2D eigenvalue weighted by Gasteiger charge is 2.51. The minimum absolute atomic E-state index is 0.0704. The van der Waals surface area contributed by atoms with Gasteiger partial charge in [0.1, 0.15) is 11.3 Å². The van der Waals surface area contributed by atoms with E-state index in [0.717, 1.165) is 32.4 Å². The minimum atomic E-state index is -0.268. The lowest BCUT2D eigenvalue weighted by Crippen LogP contribution is -2.49. The van der Waals surface area contributed by atoms with Gasteiger partial charge in [0, 0.05) is 6.54 Å². The molecule has 2 aliphatic heterocycles. The number of nitrogens with zero attached hydrogens (tertiary/aromatic N) is 2. The van der Waals surface area contributed by atoms with Crippen LogP contribution < -0.4 is 0 Å². The van der Waals surface area contributed by atoms with Crippen molar-refractivity contribution in [3.8, 4) is 0 Å². The van der Waals surface area contributed by atoms with Gasteiger partial charge in [0.25, 0.3) is 0 Å². The van der Waals surface area contributed by atoms with Gasteiger partial charge in [-0.3, -0.25) is 14.5 Å². The Labute approximate surface area is 90.2 Å². The highest BCUT2D eigenvalue weighted by atomic mass is 16.2. The van der Waals surface area contributed by atoms with Gasteiger partial charge in [0.05, 0.1) is 6.54 Å². The summed E-state index contributed by atoms with van der Waals surface area (Å²) in [6.07, 6.45) is 2.93. The summed E-state index contributed by atoms with van der Waals surface area (Å²) < 4.78 is 0. The molecule has 0 saturated carbocycles. The van der Waals surface area contributed by atoms with Crippen molar-refractivity contribution in [1.82, 2.24) is 9.80 Å². The summed E-state index contributed by atoms with van der Waals surface area (Å²) in [5, 5.41) is 0. The highest BCUT2D eigenvalue weighted by molar-refractivity contribution is 5.92. The molecule has 0 aromatic rings. The molecule has 0 aromatic heterocycles. The average molecular weight is 210 g/mol. The van der Waals surface area contributed by atoms with Gasteiger partial charge >= 0.3 is 0 Å². The topological polar surface area (TPSA) is 40.6 Å². The maximum absolute atomic E-state index is 12.2. The minimum Gasteiger partial charge on any atom is -0.334 e. The van der Waals surface area contributed by atoms with E-state index < -0.39 is 0 Å². The maximum Gasteiger partial charge on any atom is 0.243 e. The van der Waals surface area contributed by atoms with Gasteiger partial charge in [-0.2, -0.15) is 0 Å². The molecule has 1 atom stereocenters. The number of ketones is 1. The fourth-order valence-electron chi connectivity index (χ4n) is 2.84. The fourth-order valence-corrected chi connectivity index (χ4v) is 2.84. The zero-order chi connectivity index (χ0) is 11.1. The largest absolute Gasteiger partial charge is 0.334 e. The number of carbonyl (C=O) groups is 2. The van der Waals surface area contributed by atoms with Gasteiger partial charge in [0.2, 0.25) is 5.91 Å². The molecule has 2 fully saturated rings. The van der Waals surface area contributed by atoms with Crippen LogP contribution in [0.25, 0.3) is 0 Å². The predicted octanol–water partition coefficient (Wildman–Crippen LogP) is 0.272. The van der Waals surface area contributed by atoms with Crippen LogP contribution in [0.3, 0.4) is 0 Å². The van der Waals surface area contributed by atoms with Gasteiger partial charge in [-0.25, -0.2) is 0 Å². The summed E-state index contributed by atoms with van der Waals surface area (Å²) in [7, 11) is 2.02. The first-order chi connectivity index (χ1) is 7.06. The van der Waals surface area contributed by atoms with Crippen molar-refractivity contribution in [2.75, 3.05) is 26.7 Å². The van der Waals surface area contributed by atoms with Crippen LogP contribution in [0, 0.1) is 0 Å². The van der Waals surface area contributed by atoms with Gasteiger partial charge in [0.15, 0.2) is 0 Å². The lowest BCUT2D eigenvalue weighted by Gasteiger charge is -2.29. The van der Waals surface area contributed by atoms with Crippen LogP contribution in [0.15, 0.2) is 0 Å². The first kappa shape index (κ1) is 10.6. The number of likely N-dealkylation sites (N-methyl/N-ethyl adjacent to an activating group) is 1. The second-order valence-corrected chi connectivity index (χ2v) is 4.74. The molecule has 0 bridgehead atoms. The van der Waals surface area contributed by atoms with Gasteiger partial charge < -0.3 is 4.90 Å². The molecule has 0 N–H and O–H groups in total. The number of likely N-dealkylation sites (tertiary alicyclic amines) is 2. The fraction of sp³-hybridized carbons (Fsp3) is 0.818. The van der Waals surface area contributed by atoms with Crippen molar-refractivity contribution in [3.05, 3.63) is 0 Å². The zero-order valence-corrected chi connectivity index (χ0v) is 9.45. The van der Waals surface area contributed by atoms with Gasteiger partial charge in [-0.1, -0.05) is 0 Å². The predicted molar refractivity (Wildman–Crippen MR) is 56.5 cm³/mol. The van der Waals surface area contributed by atoms with E-state index in [0.29, 0.717) is 0 Å². The molecule has 4 nitrogen and oxygen atoms in total. The molecule has 4 heteroatoms. The van der Waals surface area contributed by atoms with Crippen molar-refractivity contribution in [3.63, 3.8) is 0 Å². The summed E-state index contributed by atoms with van der Waals surface area (Å²) in [5.74, 6) is 0.235. The molecule has 0 aliphatic carbocycles. The Morgan fingerprint density at radius 1 is 1.40 bits per heavy atom.